The van der Waals surface area contributed by atoms with Crippen LogP contribution in [-0.4, -0.2) is 25.6 Å². The molecule has 0 bridgehead atoms. The van der Waals surface area contributed by atoms with Crippen molar-refractivity contribution in [1.29, 1.82) is 0 Å². The average Bonchev–Trinajstić information content (AvgIpc) is 2.52. The van der Waals surface area contributed by atoms with E-state index in [1.807, 2.05) is 6.07 Å². The molecule has 2 rings (SSSR count). The van der Waals surface area contributed by atoms with Crippen LogP contribution in [0.25, 0.3) is 0 Å². The summed E-state index contributed by atoms with van der Waals surface area (Å²) < 4.78 is 10.3. The van der Waals surface area contributed by atoms with Crippen LogP contribution in [0.15, 0.2) is 53.7 Å². The SMILES string of the molecule is CON=C(C(=O)OCOc1cc(Cl)cc(Cl)c1)c1ccccc1. The van der Waals surface area contributed by atoms with Crippen LogP contribution in [0.1, 0.15) is 5.56 Å². The maximum Gasteiger partial charge on any atom is 0.363 e. The smallest absolute Gasteiger partial charge is 0.363 e. The summed E-state index contributed by atoms with van der Waals surface area (Å²) in [5, 5.41) is 4.53. The van der Waals surface area contributed by atoms with Crippen molar-refractivity contribution in [2.24, 2.45) is 5.16 Å². The van der Waals surface area contributed by atoms with Crippen LogP contribution in [0, 0.1) is 0 Å². The van der Waals surface area contributed by atoms with E-state index in [0.717, 1.165) is 0 Å². The Balaban J connectivity index is 1.98. The zero-order valence-electron chi connectivity index (χ0n) is 12.2. The zero-order chi connectivity index (χ0) is 16.7. The summed E-state index contributed by atoms with van der Waals surface area (Å²) in [7, 11) is 1.35. The van der Waals surface area contributed by atoms with Gasteiger partial charge in [0.05, 0.1) is 0 Å². The summed E-state index contributed by atoms with van der Waals surface area (Å²) in [6, 6.07) is 13.5. The van der Waals surface area contributed by atoms with Gasteiger partial charge in [-0.2, -0.15) is 0 Å². The fourth-order valence-corrected chi connectivity index (χ4v) is 2.23. The number of hydrogen-bond acceptors (Lipinski definition) is 5. The summed E-state index contributed by atoms with van der Waals surface area (Å²) in [4.78, 5) is 16.8. The molecule has 120 valence electrons. The number of nitrogens with zero attached hydrogens (tertiary/aromatic N) is 1. The highest BCUT2D eigenvalue weighted by molar-refractivity contribution is 6.43. The normalized spacial score (nSPS) is 11.0. The van der Waals surface area contributed by atoms with Gasteiger partial charge in [-0.05, 0) is 18.2 Å². The predicted molar refractivity (Wildman–Crippen MR) is 88.0 cm³/mol. The van der Waals surface area contributed by atoms with Crippen molar-refractivity contribution < 1.29 is 19.1 Å². The Morgan fingerprint density at radius 1 is 1.09 bits per heavy atom. The molecular formula is C16H13Cl2NO4. The standard InChI is InChI=1S/C16H13Cl2NO4/c1-21-19-15(11-5-3-2-4-6-11)16(20)23-10-22-14-8-12(17)7-13(18)9-14/h2-9H,10H2,1H3. The Hall–Kier alpha value is -2.24. The minimum atomic E-state index is -0.675. The largest absolute Gasteiger partial charge is 0.457 e. The minimum absolute atomic E-state index is 0.0424. The van der Waals surface area contributed by atoms with Crippen LogP contribution in [-0.2, 0) is 14.4 Å². The first-order chi connectivity index (χ1) is 11.1. The summed E-state index contributed by atoms with van der Waals surface area (Å²) >= 11 is 11.7. The zero-order valence-corrected chi connectivity index (χ0v) is 13.7. The van der Waals surface area contributed by atoms with E-state index in [-0.39, 0.29) is 12.5 Å². The third-order valence-corrected chi connectivity index (χ3v) is 3.11. The van der Waals surface area contributed by atoms with Crippen molar-refractivity contribution >= 4 is 34.9 Å². The number of carbonyl (C=O) groups is 1. The molecule has 0 unspecified atom stereocenters. The Bertz CT molecular complexity index is 684. The molecule has 0 saturated carbocycles. The van der Waals surface area contributed by atoms with Crippen LogP contribution in [0.2, 0.25) is 10.0 Å². The molecule has 2 aromatic carbocycles. The number of hydrogen-bond donors (Lipinski definition) is 0. The van der Waals surface area contributed by atoms with Crippen molar-refractivity contribution in [3.8, 4) is 5.75 Å². The molecule has 0 aliphatic carbocycles. The first-order valence-corrected chi connectivity index (χ1v) is 7.28. The van der Waals surface area contributed by atoms with Crippen molar-refractivity contribution in [3.63, 3.8) is 0 Å². The summed E-state index contributed by atoms with van der Waals surface area (Å²) in [6.45, 7) is -0.314. The third kappa shape index (κ3) is 5.16. The van der Waals surface area contributed by atoms with E-state index in [4.69, 9.17) is 32.7 Å². The van der Waals surface area contributed by atoms with Crippen LogP contribution in [0.5, 0.6) is 5.75 Å². The molecular weight excluding hydrogens is 341 g/mol. The molecule has 0 aliphatic heterocycles. The van der Waals surface area contributed by atoms with E-state index >= 15 is 0 Å². The second kappa shape index (κ2) is 8.41. The lowest BCUT2D eigenvalue weighted by molar-refractivity contribution is -0.141. The summed E-state index contributed by atoms with van der Waals surface area (Å²) in [6.07, 6.45) is 0. The monoisotopic (exact) mass is 353 g/mol. The van der Waals surface area contributed by atoms with Crippen molar-refractivity contribution in [2.45, 2.75) is 0 Å². The second-order valence-corrected chi connectivity index (χ2v) is 5.16. The lowest BCUT2D eigenvalue weighted by Crippen LogP contribution is -2.21. The maximum absolute atomic E-state index is 12.1. The van der Waals surface area contributed by atoms with Crippen LogP contribution in [0.4, 0.5) is 0 Å². The van der Waals surface area contributed by atoms with Crippen molar-refractivity contribution in [2.75, 3.05) is 13.9 Å². The molecule has 0 amide bonds. The maximum atomic E-state index is 12.1. The van der Waals surface area contributed by atoms with Crippen LogP contribution < -0.4 is 4.74 Å². The van der Waals surface area contributed by atoms with Crippen molar-refractivity contribution in [1.82, 2.24) is 0 Å². The Labute approximate surface area is 143 Å². The molecule has 0 saturated heterocycles. The van der Waals surface area contributed by atoms with Crippen LogP contribution in [0.3, 0.4) is 0 Å². The lowest BCUT2D eigenvalue weighted by Gasteiger charge is -2.09. The highest BCUT2D eigenvalue weighted by Crippen LogP contribution is 2.24. The topological polar surface area (TPSA) is 57.1 Å². The summed E-state index contributed by atoms with van der Waals surface area (Å²) in [5.74, 6) is -0.286. The fraction of sp³-hybridized carbons (Fsp3) is 0.125. The van der Waals surface area contributed by atoms with E-state index in [2.05, 4.69) is 9.99 Å². The second-order valence-electron chi connectivity index (χ2n) is 4.29. The number of halogens is 2. The minimum Gasteiger partial charge on any atom is -0.457 e. The molecule has 0 fully saturated rings. The number of carbonyl (C=O) groups excluding carboxylic acids is 1. The number of benzene rings is 2. The van der Waals surface area contributed by atoms with E-state index in [9.17, 15) is 4.79 Å². The van der Waals surface area contributed by atoms with Gasteiger partial charge in [-0.3, -0.25) is 0 Å². The van der Waals surface area contributed by atoms with Gasteiger partial charge < -0.3 is 14.3 Å². The molecule has 0 aliphatic rings. The highest BCUT2D eigenvalue weighted by Gasteiger charge is 2.16. The molecule has 0 heterocycles. The number of ether oxygens (including phenoxy) is 2. The molecule has 23 heavy (non-hydrogen) atoms. The molecule has 0 radical (unpaired) electrons. The highest BCUT2D eigenvalue weighted by atomic mass is 35.5. The fourth-order valence-electron chi connectivity index (χ4n) is 1.73. The van der Waals surface area contributed by atoms with Gasteiger partial charge in [-0.15, -0.1) is 0 Å². The molecule has 2 aromatic rings. The first-order valence-electron chi connectivity index (χ1n) is 6.52. The Kier molecular flexibility index (Phi) is 6.26. The molecule has 7 heteroatoms. The number of oxime groups is 1. The van der Waals surface area contributed by atoms with Gasteiger partial charge in [0, 0.05) is 15.6 Å². The quantitative estimate of drug-likeness (QED) is 0.341. The average molecular weight is 354 g/mol. The van der Waals surface area contributed by atoms with E-state index in [0.29, 0.717) is 21.4 Å². The molecule has 0 spiro atoms. The van der Waals surface area contributed by atoms with E-state index in [1.54, 1.807) is 42.5 Å². The van der Waals surface area contributed by atoms with Crippen molar-refractivity contribution in [3.05, 3.63) is 64.1 Å². The first kappa shape index (κ1) is 17.1. The van der Waals surface area contributed by atoms with Gasteiger partial charge in [0.25, 0.3) is 0 Å². The van der Waals surface area contributed by atoms with Crippen LogP contribution >= 0.6 is 23.2 Å². The van der Waals surface area contributed by atoms with Gasteiger partial charge in [0.15, 0.2) is 5.71 Å². The predicted octanol–water partition coefficient (Wildman–Crippen LogP) is 3.92. The molecule has 0 atom stereocenters. The number of rotatable bonds is 6. The van der Waals surface area contributed by atoms with E-state index in [1.165, 1.54) is 7.11 Å². The molecule has 0 aromatic heterocycles. The molecule has 0 N–H and O–H groups in total. The lowest BCUT2D eigenvalue weighted by atomic mass is 10.1. The van der Waals surface area contributed by atoms with Gasteiger partial charge in [0.1, 0.15) is 12.9 Å². The van der Waals surface area contributed by atoms with Gasteiger partial charge in [-0.25, -0.2) is 4.79 Å². The van der Waals surface area contributed by atoms with Gasteiger partial charge in [0.2, 0.25) is 6.79 Å². The summed E-state index contributed by atoms with van der Waals surface area (Å²) in [5.41, 5.74) is 0.617. The van der Waals surface area contributed by atoms with E-state index < -0.39 is 5.97 Å². The Morgan fingerprint density at radius 2 is 1.74 bits per heavy atom. The molecule has 5 nitrogen and oxygen atoms in total. The third-order valence-electron chi connectivity index (χ3n) is 2.67. The van der Waals surface area contributed by atoms with Gasteiger partial charge in [-0.1, -0.05) is 58.7 Å². The number of esters is 1. The Morgan fingerprint density at radius 3 is 2.35 bits per heavy atom. The van der Waals surface area contributed by atoms with Gasteiger partial charge >= 0.3 is 5.97 Å².